The molecule has 2 aromatic heterocycles. The Bertz CT molecular complexity index is 925. The van der Waals surface area contributed by atoms with Crippen LogP contribution in [0.15, 0.2) is 36.9 Å². The second kappa shape index (κ2) is 7.84. The van der Waals surface area contributed by atoms with Gasteiger partial charge in [0.1, 0.15) is 18.2 Å². The first-order valence-corrected chi connectivity index (χ1v) is 8.55. The molecular formula is C16H15Cl2FN6O. The van der Waals surface area contributed by atoms with E-state index in [9.17, 15) is 9.18 Å². The predicted octanol–water partition coefficient (Wildman–Crippen LogP) is 3.56. The van der Waals surface area contributed by atoms with Crippen molar-refractivity contribution in [1.29, 1.82) is 0 Å². The lowest BCUT2D eigenvalue weighted by Gasteiger charge is -2.13. The van der Waals surface area contributed by atoms with Crippen LogP contribution in [0.3, 0.4) is 0 Å². The minimum atomic E-state index is -0.527. The van der Waals surface area contributed by atoms with Gasteiger partial charge in [-0.1, -0.05) is 36.2 Å². The number of hydrogen-bond acceptors (Lipinski definition) is 4. The summed E-state index contributed by atoms with van der Waals surface area (Å²) in [5.41, 5.74) is 0.688. The SMILES string of the molecule is CCC(C(=O)Nc1ncn(Cc2ccc(F)cc2Cl)n1)n1cc(Cl)cn1. The standard InChI is InChI=1S/C16H15Cl2FN6O/c1-2-14(25-8-11(17)6-21-25)15(26)22-16-20-9-24(23-16)7-10-3-4-12(19)5-13(10)18/h3-6,8-9,14H,2,7H2,1H3,(H,22,23,26). The van der Waals surface area contributed by atoms with Gasteiger partial charge in [0.2, 0.25) is 5.95 Å². The molecule has 0 bridgehead atoms. The molecule has 10 heteroatoms. The maximum Gasteiger partial charge on any atom is 0.251 e. The average Bonchev–Trinajstić information content (AvgIpc) is 3.20. The zero-order chi connectivity index (χ0) is 18.7. The molecule has 0 saturated carbocycles. The van der Waals surface area contributed by atoms with E-state index in [1.807, 2.05) is 6.92 Å². The molecule has 0 aliphatic carbocycles. The third kappa shape index (κ3) is 4.20. The van der Waals surface area contributed by atoms with Gasteiger partial charge in [-0.15, -0.1) is 5.10 Å². The molecule has 1 unspecified atom stereocenters. The van der Waals surface area contributed by atoms with Crippen molar-refractivity contribution in [2.45, 2.75) is 25.9 Å². The zero-order valence-electron chi connectivity index (χ0n) is 13.7. The van der Waals surface area contributed by atoms with Crippen LogP contribution in [0.1, 0.15) is 24.9 Å². The molecule has 1 atom stereocenters. The second-order valence-corrected chi connectivity index (χ2v) is 6.40. The minimum Gasteiger partial charge on any atom is -0.291 e. The molecule has 0 saturated heterocycles. The first-order valence-electron chi connectivity index (χ1n) is 7.80. The Morgan fingerprint density at radius 1 is 1.38 bits per heavy atom. The number of benzene rings is 1. The summed E-state index contributed by atoms with van der Waals surface area (Å²) in [5, 5.41) is 11.7. The van der Waals surface area contributed by atoms with Crippen molar-refractivity contribution in [3.63, 3.8) is 0 Å². The van der Waals surface area contributed by atoms with E-state index in [2.05, 4.69) is 20.5 Å². The molecule has 2 heterocycles. The lowest BCUT2D eigenvalue weighted by atomic mass is 10.2. The average molecular weight is 397 g/mol. The molecule has 136 valence electrons. The zero-order valence-corrected chi connectivity index (χ0v) is 15.2. The molecule has 0 spiro atoms. The van der Waals surface area contributed by atoms with E-state index in [1.54, 1.807) is 12.3 Å². The van der Waals surface area contributed by atoms with Crippen LogP contribution in [0.5, 0.6) is 0 Å². The number of halogens is 3. The van der Waals surface area contributed by atoms with Crippen molar-refractivity contribution < 1.29 is 9.18 Å². The predicted molar refractivity (Wildman–Crippen MR) is 95.7 cm³/mol. The van der Waals surface area contributed by atoms with Crippen molar-refractivity contribution in [2.24, 2.45) is 0 Å². The van der Waals surface area contributed by atoms with E-state index in [4.69, 9.17) is 23.2 Å². The molecule has 3 aromatic rings. The van der Waals surface area contributed by atoms with Crippen molar-refractivity contribution >= 4 is 35.1 Å². The van der Waals surface area contributed by atoms with Gasteiger partial charge in [0, 0.05) is 11.2 Å². The maximum atomic E-state index is 13.1. The lowest BCUT2D eigenvalue weighted by molar-refractivity contribution is -0.119. The fourth-order valence-corrected chi connectivity index (χ4v) is 2.79. The van der Waals surface area contributed by atoms with Crippen LogP contribution in [0.4, 0.5) is 10.3 Å². The summed E-state index contributed by atoms with van der Waals surface area (Å²) in [6, 6.07) is 3.60. The van der Waals surface area contributed by atoms with Crippen molar-refractivity contribution in [3.8, 4) is 0 Å². The van der Waals surface area contributed by atoms with Gasteiger partial charge in [-0.3, -0.25) is 14.8 Å². The van der Waals surface area contributed by atoms with Crippen LogP contribution >= 0.6 is 23.2 Å². The molecule has 0 fully saturated rings. The first kappa shape index (κ1) is 18.3. The van der Waals surface area contributed by atoms with Gasteiger partial charge in [0.15, 0.2) is 0 Å². The Morgan fingerprint density at radius 3 is 2.85 bits per heavy atom. The number of amides is 1. The van der Waals surface area contributed by atoms with E-state index in [0.717, 1.165) is 0 Å². The fourth-order valence-electron chi connectivity index (χ4n) is 2.42. The summed E-state index contributed by atoms with van der Waals surface area (Å²) in [4.78, 5) is 16.5. The number of carbonyl (C=O) groups excluding carboxylic acids is 1. The summed E-state index contributed by atoms with van der Waals surface area (Å²) >= 11 is 11.9. The third-order valence-electron chi connectivity index (χ3n) is 3.70. The Kier molecular flexibility index (Phi) is 5.53. The molecule has 0 radical (unpaired) electrons. The summed E-state index contributed by atoms with van der Waals surface area (Å²) in [7, 11) is 0. The van der Waals surface area contributed by atoms with Gasteiger partial charge < -0.3 is 0 Å². The van der Waals surface area contributed by atoms with Crippen LogP contribution < -0.4 is 5.32 Å². The second-order valence-electron chi connectivity index (χ2n) is 5.55. The van der Waals surface area contributed by atoms with Crippen LogP contribution in [-0.4, -0.2) is 30.5 Å². The van der Waals surface area contributed by atoms with E-state index < -0.39 is 11.9 Å². The number of rotatable bonds is 6. The molecule has 7 nitrogen and oxygen atoms in total. The molecule has 0 aliphatic rings. The number of hydrogen-bond donors (Lipinski definition) is 1. The van der Waals surface area contributed by atoms with Gasteiger partial charge in [0.25, 0.3) is 5.91 Å². The summed E-state index contributed by atoms with van der Waals surface area (Å²) < 4.78 is 16.1. The smallest absolute Gasteiger partial charge is 0.251 e. The molecule has 1 N–H and O–H groups in total. The Balaban J connectivity index is 1.68. The minimum absolute atomic E-state index is 0.157. The van der Waals surface area contributed by atoms with Crippen LogP contribution in [0, 0.1) is 5.82 Å². The Hall–Kier alpha value is -2.45. The number of anilines is 1. The van der Waals surface area contributed by atoms with Crippen molar-refractivity contribution in [2.75, 3.05) is 5.32 Å². The van der Waals surface area contributed by atoms with Gasteiger partial charge in [-0.25, -0.2) is 14.1 Å². The van der Waals surface area contributed by atoms with Gasteiger partial charge in [-0.2, -0.15) is 5.10 Å². The third-order valence-corrected chi connectivity index (χ3v) is 4.24. The highest BCUT2D eigenvalue weighted by molar-refractivity contribution is 6.31. The van der Waals surface area contributed by atoms with E-state index in [0.29, 0.717) is 28.6 Å². The van der Waals surface area contributed by atoms with Crippen LogP contribution in [-0.2, 0) is 11.3 Å². The monoisotopic (exact) mass is 396 g/mol. The van der Waals surface area contributed by atoms with Crippen LogP contribution in [0.25, 0.3) is 0 Å². The normalized spacial score (nSPS) is 12.2. The first-order chi connectivity index (χ1) is 12.5. The Labute approximate surface area is 158 Å². The molecule has 0 aliphatic heterocycles. The largest absolute Gasteiger partial charge is 0.291 e. The molecule has 1 amide bonds. The molecule has 26 heavy (non-hydrogen) atoms. The lowest BCUT2D eigenvalue weighted by Crippen LogP contribution is -2.26. The number of carbonyl (C=O) groups is 1. The van der Waals surface area contributed by atoms with Crippen LogP contribution in [0.2, 0.25) is 10.0 Å². The molecule has 1 aromatic carbocycles. The quantitative estimate of drug-likeness (QED) is 0.690. The maximum absolute atomic E-state index is 13.1. The van der Waals surface area contributed by atoms with E-state index >= 15 is 0 Å². The number of nitrogens with one attached hydrogen (secondary N) is 1. The van der Waals surface area contributed by atoms with Gasteiger partial charge in [-0.05, 0) is 24.1 Å². The Morgan fingerprint density at radius 2 is 2.19 bits per heavy atom. The highest BCUT2D eigenvalue weighted by Gasteiger charge is 2.20. The van der Waals surface area contributed by atoms with Crippen molar-refractivity contribution in [3.05, 3.63) is 58.3 Å². The summed E-state index contributed by atoms with van der Waals surface area (Å²) in [6.45, 7) is 2.16. The fraction of sp³-hybridized carbons (Fsp3) is 0.250. The summed E-state index contributed by atoms with van der Waals surface area (Å²) in [5.74, 6) is -0.551. The highest BCUT2D eigenvalue weighted by Crippen LogP contribution is 2.19. The molecule has 3 rings (SSSR count). The summed E-state index contributed by atoms with van der Waals surface area (Å²) in [6.07, 6.45) is 5.03. The molecular weight excluding hydrogens is 382 g/mol. The topological polar surface area (TPSA) is 77.6 Å². The van der Waals surface area contributed by atoms with Gasteiger partial charge in [0.05, 0.1) is 17.8 Å². The van der Waals surface area contributed by atoms with Crippen molar-refractivity contribution in [1.82, 2.24) is 24.5 Å². The number of aromatic nitrogens is 5. The van der Waals surface area contributed by atoms with E-state index in [-0.39, 0.29) is 11.9 Å². The van der Waals surface area contributed by atoms with E-state index in [1.165, 1.54) is 34.0 Å². The number of nitrogens with zero attached hydrogens (tertiary/aromatic N) is 5. The highest BCUT2D eigenvalue weighted by atomic mass is 35.5. The van der Waals surface area contributed by atoms with Gasteiger partial charge >= 0.3 is 0 Å².